The highest BCUT2D eigenvalue weighted by Crippen LogP contribution is 2.38. The van der Waals surface area contributed by atoms with Crippen LogP contribution < -0.4 is 16.4 Å². The maximum atomic E-state index is 13.0. The minimum atomic E-state index is -1.30. The summed E-state index contributed by atoms with van der Waals surface area (Å²) in [7, 11) is 0. The fraction of sp³-hybridized carbons (Fsp3) is 0.333. The first kappa shape index (κ1) is 21.3. The molecule has 31 heavy (non-hydrogen) atoms. The van der Waals surface area contributed by atoms with Crippen molar-refractivity contribution in [3.63, 3.8) is 0 Å². The van der Waals surface area contributed by atoms with Gasteiger partial charge in [-0.2, -0.15) is 0 Å². The number of halogens is 1. The van der Waals surface area contributed by atoms with E-state index in [1.165, 1.54) is 11.3 Å². The lowest BCUT2D eigenvalue weighted by molar-refractivity contribution is -0.133. The van der Waals surface area contributed by atoms with Gasteiger partial charge in [-0.15, -0.1) is 11.3 Å². The number of hydrogen-bond donors (Lipinski definition) is 3. The Morgan fingerprint density at radius 1 is 1.23 bits per heavy atom. The first-order chi connectivity index (χ1) is 14.7. The lowest BCUT2D eigenvalue weighted by atomic mass is 9.92. The van der Waals surface area contributed by atoms with Crippen LogP contribution in [0.25, 0.3) is 0 Å². The topological polar surface area (TPSA) is 122 Å². The Morgan fingerprint density at radius 3 is 2.58 bits per heavy atom. The summed E-state index contributed by atoms with van der Waals surface area (Å²) in [5.74, 6) is -1.72. The Morgan fingerprint density at radius 2 is 1.90 bits per heavy atom. The molecule has 2 heterocycles. The van der Waals surface area contributed by atoms with Crippen molar-refractivity contribution >= 4 is 51.7 Å². The molecule has 1 atom stereocenters. The second-order valence-corrected chi connectivity index (χ2v) is 9.32. The number of imide groups is 1. The number of thiophene rings is 1. The van der Waals surface area contributed by atoms with Crippen molar-refractivity contribution in [1.82, 2.24) is 10.2 Å². The zero-order valence-corrected chi connectivity index (χ0v) is 18.4. The summed E-state index contributed by atoms with van der Waals surface area (Å²) in [6.45, 7) is 1.10. The predicted octanol–water partition coefficient (Wildman–Crippen LogP) is 2.78. The van der Waals surface area contributed by atoms with Crippen LogP contribution in [-0.4, -0.2) is 35.2 Å². The largest absolute Gasteiger partial charge is 0.365 e. The van der Waals surface area contributed by atoms with Crippen molar-refractivity contribution < 1.29 is 19.2 Å². The molecule has 4 N–H and O–H groups in total. The molecule has 0 radical (unpaired) electrons. The summed E-state index contributed by atoms with van der Waals surface area (Å²) in [5, 5.41) is 6.20. The molecular formula is C21H21ClN4O4S. The van der Waals surface area contributed by atoms with Gasteiger partial charge in [-0.3, -0.25) is 19.3 Å². The normalized spacial score (nSPS) is 20.4. The number of aryl methyl sites for hydroxylation is 1. The Kier molecular flexibility index (Phi) is 5.49. The number of primary amides is 1. The first-order valence-electron chi connectivity index (χ1n) is 9.85. The molecule has 1 fully saturated rings. The molecule has 162 valence electrons. The molecule has 2 aliphatic rings. The molecule has 1 aliphatic heterocycles. The van der Waals surface area contributed by atoms with Crippen LogP contribution in [0.2, 0.25) is 5.02 Å². The number of nitrogens with one attached hydrogen (secondary N) is 2. The Labute approximate surface area is 187 Å². The second kappa shape index (κ2) is 7.97. The fourth-order valence-electron chi connectivity index (χ4n) is 4.04. The summed E-state index contributed by atoms with van der Waals surface area (Å²) < 4.78 is 0. The first-order valence-corrected chi connectivity index (χ1v) is 11.0. The van der Waals surface area contributed by atoms with Crippen molar-refractivity contribution in [3.05, 3.63) is 50.9 Å². The highest BCUT2D eigenvalue weighted by Gasteiger charge is 2.49. The predicted molar refractivity (Wildman–Crippen MR) is 117 cm³/mol. The van der Waals surface area contributed by atoms with E-state index in [-0.39, 0.29) is 0 Å². The summed E-state index contributed by atoms with van der Waals surface area (Å²) in [4.78, 5) is 52.1. The van der Waals surface area contributed by atoms with E-state index in [0.717, 1.165) is 41.0 Å². The smallest absolute Gasteiger partial charge is 0.325 e. The van der Waals surface area contributed by atoms with Gasteiger partial charge in [-0.05, 0) is 55.9 Å². The monoisotopic (exact) mass is 460 g/mol. The van der Waals surface area contributed by atoms with Gasteiger partial charge in [0.25, 0.3) is 11.8 Å². The van der Waals surface area contributed by atoms with Crippen LogP contribution >= 0.6 is 22.9 Å². The summed E-state index contributed by atoms with van der Waals surface area (Å²) in [5.41, 5.74) is 6.03. The number of anilines is 1. The van der Waals surface area contributed by atoms with Crippen LogP contribution in [-0.2, 0) is 28.0 Å². The number of fused-ring (bicyclic) bond motifs is 1. The van der Waals surface area contributed by atoms with Crippen molar-refractivity contribution in [2.75, 3.05) is 11.9 Å². The van der Waals surface area contributed by atoms with E-state index in [1.807, 2.05) is 0 Å². The van der Waals surface area contributed by atoms with E-state index < -0.39 is 35.8 Å². The van der Waals surface area contributed by atoms with Gasteiger partial charge in [-0.25, -0.2) is 4.79 Å². The number of hydrogen-bond acceptors (Lipinski definition) is 5. The van der Waals surface area contributed by atoms with E-state index in [9.17, 15) is 19.2 Å². The van der Waals surface area contributed by atoms with Crippen LogP contribution in [0.1, 0.15) is 46.1 Å². The minimum Gasteiger partial charge on any atom is -0.365 e. The van der Waals surface area contributed by atoms with Crippen LogP contribution in [0.5, 0.6) is 0 Å². The third-order valence-corrected chi connectivity index (χ3v) is 7.13. The highest BCUT2D eigenvalue weighted by molar-refractivity contribution is 7.17. The molecule has 0 unspecified atom stereocenters. The van der Waals surface area contributed by atoms with E-state index in [4.69, 9.17) is 17.3 Å². The third kappa shape index (κ3) is 3.79. The number of benzene rings is 1. The van der Waals surface area contributed by atoms with E-state index in [0.29, 0.717) is 21.2 Å². The molecule has 8 nitrogen and oxygen atoms in total. The van der Waals surface area contributed by atoms with Gasteiger partial charge >= 0.3 is 6.03 Å². The van der Waals surface area contributed by atoms with Crippen molar-refractivity contribution in [3.8, 4) is 0 Å². The molecule has 10 heteroatoms. The number of rotatable bonds is 5. The van der Waals surface area contributed by atoms with Gasteiger partial charge in [0.2, 0.25) is 5.91 Å². The van der Waals surface area contributed by atoms with Crippen LogP contribution in [0, 0.1) is 0 Å². The zero-order valence-electron chi connectivity index (χ0n) is 16.8. The number of nitrogens with zero attached hydrogens (tertiary/aromatic N) is 1. The molecule has 0 saturated carbocycles. The van der Waals surface area contributed by atoms with Crippen molar-refractivity contribution in [1.29, 1.82) is 0 Å². The van der Waals surface area contributed by atoms with Gasteiger partial charge in [-0.1, -0.05) is 23.7 Å². The summed E-state index contributed by atoms with van der Waals surface area (Å²) in [6.07, 6.45) is 3.56. The molecule has 0 bridgehead atoms. The molecule has 1 aliphatic carbocycles. The van der Waals surface area contributed by atoms with Gasteiger partial charge in [0.05, 0.1) is 5.56 Å². The van der Waals surface area contributed by atoms with Crippen LogP contribution in [0.4, 0.5) is 9.80 Å². The summed E-state index contributed by atoms with van der Waals surface area (Å²) in [6, 6.07) is 5.89. The van der Waals surface area contributed by atoms with E-state index >= 15 is 0 Å². The number of carbonyl (C=O) groups is 4. The van der Waals surface area contributed by atoms with Crippen LogP contribution in [0.15, 0.2) is 24.3 Å². The fourth-order valence-corrected chi connectivity index (χ4v) is 5.48. The Balaban J connectivity index is 1.52. The maximum Gasteiger partial charge on any atom is 0.325 e. The molecule has 1 aromatic heterocycles. The lowest BCUT2D eigenvalue weighted by Gasteiger charge is -2.22. The quantitative estimate of drug-likeness (QED) is 0.594. The molecule has 4 rings (SSSR count). The van der Waals surface area contributed by atoms with Gasteiger partial charge in [0, 0.05) is 9.90 Å². The van der Waals surface area contributed by atoms with Gasteiger partial charge in [0.15, 0.2) is 0 Å². The Hall–Kier alpha value is -2.91. The molecule has 1 aromatic carbocycles. The average molecular weight is 461 g/mol. The van der Waals surface area contributed by atoms with Gasteiger partial charge < -0.3 is 16.4 Å². The number of nitrogens with two attached hydrogens (primary N) is 1. The zero-order chi connectivity index (χ0) is 22.3. The SMILES string of the molecule is C[C@@]1(c2ccc(Cl)cc2)NC(=O)N(CC(=O)Nc2sc3c(c2C(N)=O)CCCC3)C1=O. The highest BCUT2D eigenvalue weighted by atomic mass is 35.5. The molecule has 5 amide bonds. The van der Waals surface area contributed by atoms with Gasteiger partial charge in [0.1, 0.15) is 17.1 Å². The summed E-state index contributed by atoms with van der Waals surface area (Å²) >= 11 is 7.24. The Bertz CT molecular complexity index is 1100. The maximum absolute atomic E-state index is 13.0. The lowest BCUT2D eigenvalue weighted by Crippen LogP contribution is -2.42. The van der Waals surface area contributed by atoms with E-state index in [2.05, 4.69) is 10.6 Å². The van der Waals surface area contributed by atoms with E-state index in [1.54, 1.807) is 31.2 Å². The van der Waals surface area contributed by atoms with Crippen molar-refractivity contribution in [2.45, 2.75) is 38.1 Å². The molecule has 0 spiro atoms. The minimum absolute atomic E-state index is 0.330. The number of urea groups is 1. The number of amides is 5. The number of carbonyl (C=O) groups excluding carboxylic acids is 4. The molecular weight excluding hydrogens is 440 g/mol. The molecule has 2 aromatic rings. The van der Waals surface area contributed by atoms with Crippen LogP contribution in [0.3, 0.4) is 0 Å². The third-order valence-electron chi connectivity index (χ3n) is 5.67. The average Bonchev–Trinajstić information content (AvgIpc) is 3.18. The standard InChI is InChI=1S/C21H21ClN4O4S/c1-21(11-6-8-12(22)9-7-11)19(29)26(20(30)25-21)10-15(27)24-18-16(17(23)28)13-4-2-3-5-14(13)31-18/h6-9H,2-5,10H2,1H3,(H2,23,28)(H,24,27)(H,25,30)/t21-/m0/s1. The second-order valence-electron chi connectivity index (χ2n) is 7.78. The van der Waals surface area contributed by atoms with Crippen molar-refractivity contribution in [2.24, 2.45) is 5.73 Å². The molecule has 1 saturated heterocycles.